The smallest absolute Gasteiger partial charge is 0.872 e. The standard InChI is InChI=1S/C64H76F3NO2.2CH3.Hf/c1-35(2)43-11-13-48(52-23-45(60(5,6)7)25-54(58(52)69)62-29-37-15-38(30-62)17-39(16-37)31-62)50(21-43)56-27-47(64(65,66)67)28-57(68-56)51-22-44(36(3)4)12-14-49(51)53-24-46(61(8,9)10)26-55(59(53)70)63-32-40-18-41(33-63)20-42(19-40)34-63;;;/h11-14,21-28,35-42,69-70H,15-20,29-34H2,1-10H3;2*1H3;/q;2*-1;+4/p-2. The van der Waals surface area contributed by atoms with E-state index >= 15 is 23.4 Å². The second-order valence-electron chi connectivity index (χ2n) is 26.7. The van der Waals surface area contributed by atoms with Gasteiger partial charge in [-0.1, -0.05) is 129 Å². The van der Waals surface area contributed by atoms with Crippen LogP contribution in [-0.4, -0.2) is 4.98 Å². The topological polar surface area (TPSA) is 59.0 Å². The van der Waals surface area contributed by atoms with Gasteiger partial charge >= 0.3 is 32.0 Å². The van der Waals surface area contributed by atoms with Gasteiger partial charge in [0.05, 0.1) is 17.0 Å². The molecule has 8 aliphatic carbocycles. The summed E-state index contributed by atoms with van der Waals surface area (Å²) in [7, 11) is 0. The van der Waals surface area contributed by atoms with Crippen molar-refractivity contribution < 1.29 is 49.2 Å². The van der Waals surface area contributed by atoms with Crippen LogP contribution < -0.4 is 10.2 Å². The predicted octanol–water partition coefficient (Wildman–Crippen LogP) is 17.6. The third-order valence-corrected chi connectivity index (χ3v) is 18.8. The molecule has 0 aliphatic heterocycles. The van der Waals surface area contributed by atoms with Crippen molar-refractivity contribution in [3.8, 4) is 56.3 Å². The van der Waals surface area contributed by atoms with Crippen molar-refractivity contribution in [1.82, 2.24) is 4.98 Å². The van der Waals surface area contributed by atoms with Crippen LogP contribution in [-0.2, 0) is 53.7 Å². The van der Waals surface area contributed by atoms with E-state index in [1.807, 2.05) is 48.5 Å². The first kappa shape index (κ1) is 55.5. The summed E-state index contributed by atoms with van der Waals surface area (Å²) in [6.45, 7) is 21.4. The van der Waals surface area contributed by atoms with Crippen LogP contribution in [0.5, 0.6) is 11.5 Å². The van der Waals surface area contributed by atoms with E-state index in [0.29, 0.717) is 68.9 Å². The molecule has 5 aromatic rings. The molecule has 8 aliphatic rings. The number of alkyl halides is 3. The number of benzene rings is 4. The molecule has 7 heteroatoms. The zero-order valence-electron chi connectivity index (χ0n) is 45.9. The minimum atomic E-state index is -4.71. The Hall–Kier alpha value is -3.71. The molecular weight excluding hydrogens is 1070 g/mol. The van der Waals surface area contributed by atoms with Crippen molar-refractivity contribution in [3.63, 3.8) is 0 Å². The third kappa shape index (κ3) is 9.88. The molecule has 0 atom stereocenters. The summed E-state index contributed by atoms with van der Waals surface area (Å²) >= 11 is 0. The molecule has 8 saturated carbocycles. The van der Waals surface area contributed by atoms with Crippen molar-refractivity contribution in [2.24, 2.45) is 35.5 Å². The zero-order chi connectivity index (χ0) is 49.6. The maximum atomic E-state index is 15.6. The quantitative estimate of drug-likeness (QED) is 0.115. The van der Waals surface area contributed by atoms with Gasteiger partial charge in [0.15, 0.2) is 0 Å². The molecule has 386 valence electrons. The number of pyridine rings is 1. The molecular formula is C66H80F3HfNO2. The fourth-order valence-corrected chi connectivity index (χ4v) is 15.9. The number of halogens is 3. The number of aromatic nitrogens is 1. The van der Waals surface area contributed by atoms with Gasteiger partial charge in [0.25, 0.3) is 0 Å². The van der Waals surface area contributed by atoms with Gasteiger partial charge in [-0.3, -0.25) is 0 Å². The van der Waals surface area contributed by atoms with E-state index < -0.39 is 11.7 Å². The summed E-state index contributed by atoms with van der Waals surface area (Å²) in [4.78, 5) is 5.31. The van der Waals surface area contributed by atoms with Crippen LogP contribution in [0.2, 0.25) is 0 Å². The summed E-state index contributed by atoms with van der Waals surface area (Å²) in [6.07, 6.45) is 9.03. The molecule has 13 rings (SSSR count). The normalized spacial score (nSPS) is 27.0. The molecule has 0 N–H and O–H groups in total. The van der Waals surface area contributed by atoms with Crippen molar-refractivity contribution in [2.45, 2.75) is 186 Å². The Bertz CT molecular complexity index is 2640. The van der Waals surface area contributed by atoms with Gasteiger partial charge in [0.1, 0.15) is 0 Å². The summed E-state index contributed by atoms with van der Waals surface area (Å²) < 4.78 is 46.9. The van der Waals surface area contributed by atoms with E-state index in [4.69, 9.17) is 4.98 Å². The van der Waals surface area contributed by atoms with E-state index in [9.17, 15) is 0 Å². The molecule has 1 aromatic heterocycles. The van der Waals surface area contributed by atoms with E-state index in [1.165, 1.54) is 50.7 Å². The molecule has 1 heterocycles. The molecule has 8 bridgehead atoms. The van der Waals surface area contributed by atoms with E-state index in [-0.39, 0.29) is 97.1 Å². The summed E-state index contributed by atoms with van der Waals surface area (Å²) in [5.41, 5.74) is 7.79. The molecule has 73 heavy (non-hydrogen) atoms. The Balaban J connectivity index is 0.00000237. The monoisotopic (exact) mass is 1160 g/mol. The molecule has 3 nitrogen and oxygen atoms in total. The molecule has 0 saturated heterocycles. The first-order valence-electron chi connectivity index (χ1n) is 27.0. The van der Waals surface area contributed by atoms with Gasteiger partial charge in [-0.25, -0.2) is 4.98 Å². The van der Waals surface area contributed by atoms with Crippen molar-refractivity contribution in [3.05, 3.63) is 127 Å². The Labute approximate surface area is 455 Å². The minimum absolute atomic E-state index is 0. The Morgan fingerprint density at radius 3 is 1.04 bits per heavy atom. The molecule has 0 amide bonds. The molecule has 0 spiro atoms. The second kappa shape index (κ2) is 19.4. The van der Waals surface area contributed by atoms with E-state index in [1.54, 1.807) is 0 Å². The largest absolute Gasteiger partial charge is 4.00 e. The second-order valence-corrected chi connectivity index (χ2v) is 26.7. The van der Waals surface area contributed by atoms with Crippen LogP contribution in [0, 0.1) is 50.4 Å². The number of hydrogen-bond donors (Lipinski definition) is 0. The van der Waals surface area contributed by atoms with Crippen molar-refractivity contribution >= 4 is 0 Å². The maximum absolute atomic E-state index is 15.6. The van der Waals surface area contributed by atoms with Gasteiger partial charge in [-0.05, 0) is 226 Å². The summed E-state index contributed by atoms with van der Waals surface area (Å²) in [5, 5.41) is 31.0. The molecule has 8 fully saturated rings. The van der Waals surface area contributed by atoms with Crippen molar-refractivity contribution in [1.29, 1.82) is 0 Å². The molecule has 0 unspecified atom stereocenters. The summed E-state index contributed by atoms with van der Waals surface area (Å²) in [5.74, 6) is 3.96. The van der Waals surface area contributed by atoms with Crippen LogP contribution in [0.3, 0.4) is 0 Å². The van der Waals surface area contributed by atoms with E-state index in [0.717, 1.165) is 71.9 Å². The molecule has 0 radical (unpaired) electrons. The molecule has 4 aromatic carbocycles. The predicted molar refractivity (Wildman–Crippen MR) is 288 cm³/mol. The zero-order valence-corrected chi connectivity index (χ0v) is 49.5. The number of rotatable bonds is 8. The van der Waals surface area contributed by atoms with Crippen LogP contribution in [0.15, 0.2) is 72.8 Å². The first-order valence-corrected chi connectivity index (χ1v) is 27.0. The minimum Gasteiger partial charge on any atom is -0.872 e. The van der Waals surface area contributed by atoms with Crippen molar-refractivity contribution in [2.75, 3.05) is 0 Å². The average Bonchev–Trinajstić information content (AvgIpc) is 3.26. The summed E-state index contributed by atoms with van der Waals surface area (Å²) in [6, 6.07) is 22.8. The third-order valence-electron chi connectivity index (χ3n) is 18.8. The van der Waals surface area contributed by atoms with Gasteiger partial charge in [0, 0.05) is 11.1 Å². The number of nitrogens with zero attached hydrogens (tertiary/aromatic N) is 1. The Kier molecular flexibility index (Phi) is 14.7. The van der Waals surface area contributed by atoms with Gasteiger partial charge in [-0.2, -0.15) is 13.2 Å². The first-order chi connectivity index (χ1) is 32.9. The van der Waals surface area contributed by atoms with Gasteiger partial charge in [0.2, 0.25) is 0 Å². The Morgan fingerprint density at radius 2 is 0.767 bits per heavy atom. The van der Waals surface area contributed by atoms with E-state index in [2.05, 4.69) is 81.4 Å². The average molecular weight is 1150 g/mol. The Morgan fingerprint density at radius 1 is 0.452 bits per heavy atom. The SMILES string of the molecule is CC(C)c1ccc(-c2cc(C(C)(C)C)cc(C34CC5CC(CC(C5)C3)C4)c2[O-])c(-c2cc(C(F)(F)F)cc(-c3cc(C(C)C)ccc3-c3cc(C(C)(C)C)cc(C45CC6CC(CC(C6)C4)C5)c3[O-])n2)c1.[CH3-].[CH3-].[Hf+4]. The van der Waals surface area contributed by atoms with Crippen LogP contribution in [0.4, 0.5) is 13.2 Å². The van der Waals surface area contributed by atoms with Gasteiger partial charge in [-0.15, -0.1) is 0 Å². The maximum Gasteiger partial charge on any atom is 4.00 e. The fraction of sp³-hybridized carbons (Fsp3) is 0.530. The number of hydrogen-bond acceptors (Lipinski definition) is 3. The van der Waals surface area contributed by atoms with Crippen LogP contribution in [0.1, 0.15) is 197 Å². The van der Waals surface area contributed by atoms with Gasteiger partial charge < -0.3 is 25.1 Å². The fourth-order valence-electron chi connectivity index (χ4n) is 15.9. The van der Waals surface area contributed by atoms with Crippen LogP contribution in [0.25, 0.3) is 44.8 Å². The van der Waals surface area contributed by atoms with Crippen LogP contribution >= 0.6 is 0 Å².